The van der Waals surface area contributed by atoms with Crippen LogP contribution >= 0.6 is 0 Å². The summed E-state index contributed by atoms with van der Waals surface area (Å²) in [6, 6.07) is 1.82. The number of ketones is 1. The average Bonchev–Trinajstić information content (AvgIpc) is 2.68. The van der Waals surface area contributed by atoms with Gasteiger partial charge in [0.2, 0.25) is 0 Å². The van der Waals surface area contributed by atoms with Gasteiger partial charge in [-0.2, -0.15) is 0 Å². The Kier molecular flexibility index (Phi) is 3.18. The van der Waals surface area contributed by atoms with Crippen molar-refractivity contribution >= 4 is 5.78 Å². The number of morpholine rings is 1. The van der Waals surface area contributed by atoms with E-state index in [0.29, 0.717) is 5.76 Å². The molecule has 0 saturated carbocycles. The first-order valence-corrected chi connectivity index (χ1v) is 5.14. The Hall–Kier alpha value is -1.13. The summed E-state index contributed by atoms with van der Waals surface area (Å²) < 4.78 is 10.4. The lowest BCUT2D eigenvalue weighted by atomic mass is 10.2. The minimum absolute atomic E-state index is 0.0248. The normalized spacial score (nSPS) is 17.9. The predicted molar refractivity (Wildman–Crippen MR) is 54.8 cm³/mol. The Balaban J connectivity index is 1.94. The maximum Gasteiger partial charge on any atom is 0.194 e. The highest BCUT2D eigenvalue weighted by molar-refractivity contribution is 5.91. The van der Waals surface area contributed by atoms with Crippen LogP contribution < -0.4 is 0 Å². The highest BCUT2D eigenvalue weighted by Gasteiger charge is 2.13. The lowest BCUT2D eigenvalue weighted by molar-refractivity contribution is 0.0341. The van der Waals surface area contributed by atoms with Crippen LogP contribution in [0, 0.1) is 0 Å². The molecule has 0 bridgehead atoms. The third-order valence-electron chi connectivity index (χ3n) is 2.51. The summed E-state index contributed by atoms with van der Waals surface area (Å²) in [5, 5.41) is 0. The maximum absolute atomic E-state index is 11.0. The summed E-state index contributed by atoms with van der Waals surface area (Å²) in [6.45, 7) is 5.81. The van der Waals surface area contributed by atoms with Crippen molar-refractivity contribution in [3.63, 3.8) is 0 Å². The fourth-order valence-corrected chi connectivity index (χ4v) is 1.66. The lowest BCUT2D eigenvalue weighted by Gasteiger charge is -2.25. The van der Waals surface area contributed by atoms with Crippen molar-refractivity contribution in [2.24, 2.45) is 0 Å². The molecule has 1 aliphatic rings. The Bertz CT molecular complexity index is 339. The van der Waals surface area contributed by atoms with Gasteiger partial charge in [0.1, 0.15) is 0 Å². The molecule has 15 heavy (non-hydrogen) atoms. The van der Waals surface area contributed by atoms with Gasteiger partial charge in [0.05, 0.1) is 19.5 Å². The molecule has 1 saturated heterocycles. The van der Waals surface area contributed by atoms with Crippen LogP contribution in [0.25, 0.3) is 0 Å². The van der Waals surface area contributed by atoms with Crippen molar-refractivity contribution in [1.29, 1.82) is 0 Å². The van der Waals surface area contributed by atoms with Crippen molar-refractivity contribution in [1.82, 2.24) is 4.90 Å². The zero-order valence-electron chi connectivity index (χ0n) is 8.86. The van der Waals surface area contributed by atoms with E-state index in [9.17, 15) is 4.79 Å². The highest BCUT2D eigenvalue weighted by Crippen LogP contribution is 2.12. The van der Waals surface area contributed by atoms with E-state index in [1.54, 1.807) is 6.26 Å². The third kappa shape index (κ3) is 2.67. The van der Waals surface area contributed by atoms with Gasteiger partial charge in [-0.1, -0.05) is 0 Å². The highest BCUT2D eigenvalue weighted by atomic mass is 16.5. The van der Waals surface area contributed by atoms with Gasteiger partial charge in [-0.25, -0.2) is 0 Å². The Morgan fingerprint density at radius 1 is 1.47 bits per heavy atom. The van der Waals surface area contributed by atoms with E-state index in [4.69, 9.17) is 9.15 Å². The van der Waals surface area contributed by atoms with Gasteiger partial charge in [-0.05, 0) is 6.07 Å². The van der Waals surface area contributed by atoms with Gasteiger partial charge in [-0.3, -0.25) is 9.69 Å². The van der Waals surface area contributed by atoms with E-state index in [0.717, 1.165) is 38.4 Å². The second kappa shape index (κ2) is 4.59. The van der Waals surface area contributed by atoms with Gasteiger partial charge in [0.25, 0.3) is 0 Å². The van der Waals surface area contributed by atoms with E-state index >= 15 is 0 Å². The summed E-state index contributed by atoms with van der Waals surface area (Å²) in [6.07, 6.45) is 1.66. The molecular formula is C11H15NO3. The molecule has 0 N–H and O–H groups in total. The molecule has 0 radical (unpaired) electrons. The Labute approximate surface area is 88.8 Å². The Morgan fingerprint density at radius 2 is 2.20 bits per heavy atom. The topological polar surface area (TPSA) is 42.7 Å². The first-order valence-electron chi connectivity index (χ1n) is 5.14. The predicted octanol–water partition coefficient (Wildman–Crippen LogP) is 1.31. The fraction of sp³-hybridized carbons (Fsp3) is 0.545. The standard InChI is InChI=1S/C11H15NO3/c1-9(13)11-6-10(8-15-11)7-12-2-4-14-5-3-12/h6,8H,2-5,7H2,1H3. The van der Waals surface area contributed by atoms with Crippen molar-refractivity contribution in [2.45, 2.75) is 13.5 Å². The van der Waals surface area contributed by atoms with E-state index in [1.807, 2.05) is 6.07 Å². The minimum atomic E-state index is -0.0248. The first-order chi connectivity index (χ1) is 7.25. The van der Waals surface area contributed by atoms with Gasteiger partial charge in [-0.15, -0.1) is 0 Å². The minimum Gasteiger partial charge on any atom is -0.461 e. The third-order valence-corrected chi connectivity index (χ3v) is 2.51. The smallest absolute Gasteiger partial charge is 0.194 e. The van der Waals surface area contributed by atoms with E-state index in [-0.39, 0.29) is 5.78 Å². The van der Waals surface area contributed by atoms with Crippen LogP contribution in [0.1, 0.15) is 23.0 Å². The molecule has 0 aliphatic carbocycles. The molecule has 0 unspecified atom stereocenters. The number of ether oxygens (including phenoxy) is 1. The van der Waals surface area contributed by atoms with Gasteiger partial charge in [0, 0.05) is 32.1 Å². The molecule has 4 nitrogen and oxygen atoms in total. The van der Waals surface area contributed by atoms with Crippen molar-refractivity contribution in [3.8, 4) is 0 Å². The van der Waals surface area contributed by atoms with Crippen molar-refractivity contribution < 1.29 is 13.9 Å². The summed E-state index contributed by atoms with van der Waals surface area (Å²) >= 11 is 0. The number of carbonyl (C=O) groups is 1. The van der Waals surface area contributed by atoms with Crippen LogP contribution in [-0.2, 0) is 11.3 Å². The number of nitrogens with zero attached hydrogens (tertiary/aromatic N) is 1. The number of hydrogen-bond acceptors (Lipinski definition) is 4. The first kappa shape index (κ1) is 10.4. The Morgan fingerprint density at radius 3 is 2.80 bits per heavy atom. The van der Waals surface area contributed by atoms with Crippen LogP contribution in [0.4, 0.5) is 0 Å². The number of carbonyl (C=O) groups excluding carboxylic acids is 1. The molecule has 1 aromatic heterocycles. The molecule has 2 rings (SSSR count). The van der Waals surface area contributed by atoms with Crippen LogP contribution in [0.2, 0.25) is 0 Å². The molecule has 2 heterocycles. The van der Waals surface area contributed by atoms with E-state index in [2.05, 4.69) is 4.90 Å². The van der Waals surface area contributed by atoms with E-state index in [1.165, 1.54) is 6.92 Å². The van der Waals surface area contributed by atoms with Crippen LogP contribution in [-0.4, -0.2) is 37.0 Å². The lowest BCUT2D eigenvalue weighted by Crippen LogP contribution is -2.35. The molecule has 0 amide bonds. The van der Waals surface area contributed by atoms with Crippen molar-refractivity contribution in [2.75, 3.05) is 26.3 Å². The molecule has 1 fully saturated rings. The number of hydrogen-bond donors (Lipinski definition) is 0. The van der Waals surface area contributed by atoms with Crippen molar-refractivity contribution in [3.05, 3.63) is 23.7 Å². The zero-order chi connectivity index (χ0) is 10.7. The molecule has 0 atom stereocenters. The zero-order valence-corrected chi connectivity index (χ0v) is 8.86. The molecule has 0 spiro atoms. The summed E-state index contributed by atoms with van der Waals surface area (Å²) in [5.41, 5.74) is 1.06. The van der Waals surface area contributed by atoms with Crippen LogP contribution in [0.3, 0.4) is 0 Å². The largest absolute Gasteiger partial charge is 0.461 e. The summed E-state index contributed by atoms with van der Waals surface area (Å²) in [4.78, 5) is 13.3. The monoisotopic (exact) mass is 209 g/mol. The maximum atomic E-state index is 11.0. The molecule has 4 heteroatoms. The second-order valence-corrected chi connectivity index (χ2v) is 3.76. The van der Waals surface area contributed by atoms with Gasteiger partial charge >= 0.3 is 0 Å². The van der Waals surface area contributed by atoms with Crippen LogP contribution in [0.5, 0.6) is 0 Å². The number of Topliss-reactive ketones (excluding diaryl/α,β-unsaturated/α-hetero) is 1. The molecular weight excluding hydrogens is 194 g/mol. The summed E-state index contributed by atoms with van der Waals surface area (Å²) in [7, 11) is 0. The molecule has 0 aromatic carbocycles. The van der Waals surface area contributed by atoms with Gasteiger partial charge < -0.3 is 9.15 Å². The molecule has 82 valence electrons. The average molecular weight is 209 g/mol. The van der Waals surface area contributed by atoms with E-state index < -0.39 is 0 Å². The van der Waals surface area contributed by atoms with Crippen LogP contribution in [0.15, 0.2) is 16.7 Å². The number of furan rings is 1. The SMILES string of the molecule is CC(=O)c1cc(CN2CCOCC2)co1. The summed E-state index contributed by atoms with van der Waals surface area (Å²) in [5.74, 6) is 0.418. The quantitative estimate of drug-likeness (QED) is 0.704. The van der Waals surface area contributed by atoms with Gasteiger partial charge in [0.15, 0.2) is 11.5 Å². The fourth-order valence-electron chi connectivity index (χ4n) is 1.66. The molecule has 1 aliphatic heterocycles. The number of rotatable bonds is 3. The molecule has 1 aromatic rings. The second-order valence-electron chi connectivity index (χ2n) is 3.76.